The highest BCUT2D eigenvalue weighted by molar-refractivity contribution is 6.18. The molecule has 20 heavy (non-hydrogen) atoms. The van der Waals surface area contributed by atoms with Crippen molar-refractivity contribution in [3.8, 4) is 17.2 Å². The maximum Gasteiger partial charge on any atom is 0.352 e. The molecular formula is C14H12ClNO4. The fourth-order valence-corrected chi connectivity index (χ4v) is 1.72. The van der Waals surface area contributed by atoms with Crippen LogP contribution in [0.2, 0.25) is 0 Å². The average molecular weight is 294 g/mol. The smallest absolute Gasteiger partial charge is 0.352 e. The summed E-state index contributed by atoms with van der Waals surface area (Å²) in [6.07, 6.45) is 0. The normalized spacial score (nSPS) is 10.1. The molecule has 0 saturated carbocycles. The summed E-state index contributed by atoms with van der Waals surface area (Å²) >= 11 is 5.53. The third-order valence-corrected chi connectivity index (χ3v) is 2.60. The van der Waals surface area contributed by atoms with E-state index in [-0.39, 0.29) is 29.7 Å². The van der Waals surface area contributed by atoms with Crippen molar-refractivity contribution in [2.75, 3.05) is 12.5 Å². The van der Waals surface area contributed by atoms with Crippen LogP contribution in [-0.2, 0) is 0 Å². The molecule has 0 atom stereocenters. The van der Waals surface area contributed by atoms with Crippen LogP contribution in [0.4, 0.5) is 5.69 Å². The maximum absolute atomic E-state index is 11.2. The fraction of sp³-hybridized carbons (Fsp3) is 0.143. The summed E-state index contributed by atoms with van der Waals surface area (Å²) in [7, 11) is 0. The van der Waals surface area contributed by atoms with Crippen molar-refractivity contribution in [1.29, 1.82) is 0 Å². The molecule has 2 aromatic carbocycles. The van der Waals surface area contributed by atoms with E-state index in [2.05, 4.69) is 0 Å². The van der Waals surface area contributed by atoms with Gasteiger partial charge in [0.05, 0.1) is 10.8 Å². The van der Waals surface area contributed by atoms with Gasteiger partial charge in [-0.2, -0.15) is 0 Å². The van der Waals surface area contributed by atoms with Gasteiger partial charge in [-0.25, -0.2) is 0 Å². The molecule has 2 rings (SSSR count). The molecule has 0 bridgehead atoms. The van der Waals surface area contributed by atoms with Gasteiger partial charge in [-0.15, -0.1) is 11.6 Å². The van der Waals surface area contributed by atoms with Crippen LogP contribution in [0.15, 0.2) is 48.5 Å². The van der Waals surface area contributed by atoms with Gasteiger partial charge in [0.15, 0.2) is 0 Å². The molecular weight excluding hydrogens is 282 g/mol. The van der Waals surface area contributed by atoms with Gasteiger partial charge in [-0.05, 0) is 24.3 Å². The van der Waals surface area contributed by atoms with Crippen molar-refractivity contribution in [1.82, 2.24) is 0 Å². The Balaban J connectivity index is 2.34. The Bertz CT molecular complexity index is 589. The van der Waals surface area contributed by atoms with Crippen molar-refractivity contribution < 1.29 is 14.4 Å². The van der Waals surface area contributed by atoms with Crippen LogP contribution in [-0.4, -0.2) is 17.4 Å². The van der Waals surface area contributed by atoms with E-state index in [1.165, 1.54) is 12.1 Å². The second-order valence-corrected chi connectivity index (χ2v) is 4.19. The van der Waals surface area contributed by atoms with E-state index in [1.807, 2.05) is 6.07 Å². The number of alkyl halides is 1. The number of rotatable bonds is 6. The number of ether oxygens (including phenoxy) is 2. The molecule has 0 saturated heterocycles. The van der Waals surface area contributed by atoms with Crippen LogP contribution >= 0.6 is 11.6 Å². The number of hydrogen-bond acceptors (Lipinski definition) is 4. The number of benzene rings is 2. The zero-order valence-corrected chi connectivity index (χ0v) is 11.2. The van der Waals surface area contributed by atoms with E-state index in [1.54, 1.807) is 30.3 Å². The van der Waals surface area contributed by atoms with Gasteiger partial charge in [0.25, 0.3) is 0 Å². The number of nitro benzene ring substituents is 1. The molecule has 2 aromatic rings. The lowest BCUT2D eigenvalue weighted by Gasteiger charge is -2.09. The summed E-state index contributed by atoms with van der Waals surface area (Å²) in [5.74, 6) is 1.04. The Morgan fingerprint density at radius 1 is 1.05 bits per heavy atom. The molecule has 104 valence electrons. The summed E-state index contributed by atoms with van der Waals surface area (Å²) in [6.45, 7) is 0.192. The quantitative estimate of drug-likeness (QED) is 0.459. The van der Waals surface area contributed by atoms with Crippen molar-refractivity contribution in [3.05, 3.63) is 58.6 Å². The molecule has 0 aliphatic carbocycles. The highest BCUT2D eigenvalue weighted by Crippen LogP contribution is 2.38. The SMILES string of the molecule is O=[N+]([O-])c1c(OCCCl)cccc1Oc1ccccc1. The maximum atomic E-state index is 11.2. The van der Waals surface area contributed by atoms with E-state index in [0.717, 1.165) is 0 Å². The summed E-state index contributed by atoms with van der Waals surface area (Å²) in [4.78, 5) is 10.7. The van der Waals surface area contributed by atoms with Gasteiger partial charge in [0.1, 0.15) is 12.4 Å². The summed E-state index contributed by atoms with van der Waals surface area (Å²) in [6, 6.07) is 13.5. The molecule has 0 unspecified atom stereocenters. The standard InChI is InChI=1S/C14H12ClNO4/c15-9-10-19-12-7-4-8-13(14(12)16(17)18)20-11-5-2-1-3-6-11/h1-8H,9-10H2. The Morgan fingerprint density at radius 3 is 2.40 bits per heavy atom. The largest absolute Gasteiger partial charge is 0.485 e. The highest BCUT2D eigenvalue weighted by Gasteiger charge is 2.22. The van der Waals surface area contributed by atoms with Crippen molar-refractivity contribution in [2.24, 2.45) is 0 Å². The average Bonchev–Trinajstić information content (AvgIpc) is 2.46. The van der Waals surface area contributed by atoms with Crippen LogP contribution in [0.3, 0.4) is 0 Å². The van der Waals surface area contributed by atoms with Gasteiger partial charge in [0.2, 0.25) is 11.5 Å². The van der Waals surface area contributed by atoms with Crippen LogP contribution in [0.5, 0.6) is 17.2 Å². The van der Waals surface area contributed by atoms with E-state index in [0.29, 0.717) is 5.75 Å². The minimum atomic E-state index is -0.526. The minimum Gasteiger partial charge on any atom is -0.485 e. The van der Waals surface area contributed by atoms with Crippen LogP contribution in [0, 0.1) is 10.1 Å². The number of para-hydroxylation sites is 2. The lowest BCUT2D eigenvalue weighted by atomic mass is 10.2. The number of nitrogens with zero attached hydrogens (tertiary/aromatic N) is 1. The molecule has 5 nitrogen and oxygen atoms in total. The summed E-state index contributed by atoms with van der Waals surface area (Å²) in [5.41, 5.74) is -0.207. The van der Waals surface area contributed by atoms with Crippen LogP contribution in [0.25, 0.3) is 0 Å². The van der Waals surface area contributed by atoms with Crippen molar-refractivity contribution >= 4 is 17.3 Å². The third kappa shape index (κ3) is 3.39. The first-order valence-corrected chi connectivity index (χ1v) is 6.45. The molecule has 0 N–H and O–H groups in total. The van der Waals surface area contributed by atoms with Crippen molar-refractivity contribution in [2.45, 2.75) is 0 Å². The van der Waals surface area contributed by atoms with Crippen LogP contribution in [0.1, 0.15) is 0 Å². The fourth-order valence-electron chi connectivity index (χ4n) is 1.65. The van der Waals surface area contributed by atoms with Gasteiger partial charge >= 0.3 is 5.69 Å². The molecule has 0 aliphatic heterocycles. The molecule has 0 heterocycles. The Kier molecular flexibility index (Phi) is 4.79. The Morgan fingerprint density at radius 2 is 1.75 bits per heavy atom. The first kappa shape index (κ1) is 14.1. The minimum absolute atomic E-state index is 0.133. The first-order chi connectivity index (χ1) is 9.72. The van der Waals surface area contributed by atoms with Crippen molar-refractivity contribution in [3.63, 3.8) is 0 Å². The summed E-state index contributed by atoms with van der Waals surface area (Å²) in [5, 5.41) is 11.2. The molecule has 0 fully saturated rings. The van der Waals surface area contributed by atoms with Gasteiger partial charge in [-0.1, -0.05) is 24.3 Å². The lowest BCUT2D eigenvalue weighted by molar-refractivity contribution is -0.386. The number of halogens is 1. The first-order valence-electron chi connectivity index (χ1n) is 5.91. The predicted molar refractivity (Wildman–Crippen MR) is 75.8 cm³/mol. The van der Waals surface area contributed by atoms with E-state index in [9.17, 15) is 10.1 Å². The summed E-state index contributed by atoms with van der Waals surface area (Å²) < 4.78 is 10.8. The topological polar surface area (TPSA) is 61.6 Å². The van der Waals surface area contributed by atoms with E-state index >= 15 is 0 Å². The lowest BCUT2D eigenvalue weighted by Crippen LogP contribution is -2.02. The Labute approximate surface area is 120 Å². The molecule has 6 heteroatoms. The van der Waals surface area contributed by atoms with Gasteiger partial charge < -0.3 is 9.47 Å². The highest BCUT2D eigenvalue weighted by atomic mass is 35.5. The molecule has 0 spiro atoms. The predicted octanol–water partition coefficient (Wildman–Crippen LogP) is 4.00. The second-order valence-electron chi connectivity index (χ2n) is 3.81. The second kappa shape index (κ2) is 6.77. The molecule has 0 radical (unpaired) electrons. The molecule has 0 aliphatic rings. The van der Waals surface area contributed by atoms with E-state index < -0.39 is 4.92 Å². The van der Waals surface area contributed by atoms with E-state index in [4.69, 9.17) is 21.1 Å². The third-order valence-electron chi connectivity index (χ3n) is 2.45. The monoisotopic (exact) mass is 293 g/mol. The Hall–Kier alpha value is -2.27. The van der Waals surface area contributed by atoms with Gasteiger partial charge in [-0.3, -0.25) is 10.1 Å². The zero-order chi connectivity index (χ0) is 14.4. The molecule has 0 amide bonds. The number of hydrogen-bond donors (Lipinski definition) is 0. The molecule has 0 aromatic heterocycles. The number of nitro groups is 1. The van der Waals surface area contributed by atoms with Gasteiger partial charge in [0, 0.05) is 0 Å². The van der Waals surface area contributed by atoms with Crippen LogP contribution < -0.4 is 9.47 Å². The zero-order valence-electron chi connectivity index (χ0n) is 10.5.